The van der Waals surface area contributed by atoms with Crippen LogP contribution in [-0.2, 0) is 6.42 Å². The molecule has 0 saturated heterocycles. The van der Waals surface area contributed by atoms with Crippen LogP contribution in [0.1, 0.15) is 37.8 Å². The highest BCUT2D eigenvalue weighted by atomic mass is 35.5. The number of fused-ring (bicyclic) bond motifs is 1. The van der Waals surface area contributed by atoms with Gasteiger partial charge >= 0.3 is 0 Å². The summed E-state index contributed by atoms with van der Waals surface area (Å²) in [5.74, 6) is 0.900. The Labute approximate surface area is 161 Å². The zero-order valence-electron chi connectivity index (χ0n) is 13.8. The Morgan fingerprint density at radius 2 is 2.04 bits per heavy atom. The summed E-state index contributed by atoms with van der Waals surface area (Å²) >= 11 is 18.8. The molecule has 7 heteroatoms. The smallest absolute Gasteiger partial charge is 0.294 e. The first-order chi connectivity index (χ1) is 12.0. The highest BCUT2D eigenvalue weighted by Crippen LogP contribution is 2.43. The summed E-state index contributed by atoms with van der Waals surface area (Å²) in [7, 11) is 0. The zero-order valence-corrected chi connectivity index (χ0v) is 16.1. The molecule has 0 radical (unpaired) electrons. The predicted octanol–water partition coefficient (Wildman–Crippen LogP) is 5.26. The van der Waals surface area contributed by atoms with Gasteiger partial charge in [0.2, 0.25) is 5.82 Å². The van der Waals surface area contributed by atoms with Gasteiger partial charge in [0.1, 0.15) is 5.15 Å². The number of hydrogen-bond donors (Lipinski definition) is 0. The first kappa shape index (κ1) is 17.2. The van der Waals surface area contributed by atoms with Crippen molar-refractivity contribution in [1.29, 1.82) is 0 Å². The van der Waals surface area contributed by atoms with Crippen molar-refractivity contribution in [2.24, 2.45) is 5.92 Å². The van der Waals surface area contributed by atoms with Crippen molar-refractivity contribution in [2.75, 3.05) is 11.4 Å². The molecule has 0 N–H and O–H groups in total. The molecule has 2 heterocycles. The monoisotopic (exact) mass is 397 g/mol. The molecule has 1 aromatic heterocycles. The van der Waals surface area contributed by atoms with E-state index in [0.29, 0.717) is 33.5 Å². The molecule has 0 spiro atoms. The van der Waals surface area contributed by atoms with Crippen LogP contribution in [0.3, 0.4) is 0 Å². The molecule has 2 aliphatic rings. The van der Waals surface area contributed by atoms with E-state index in [1.54, 1.807) is 16.8 Å². The molecule has 4 nitrogen and oxygen atoms in total. The van der Waals surface area contributed by atoms with E-state index in [1.807, 2.05) is 11.0 Å². The van der Waals surface area contributed by atoms with Gasteiger partial charge in [-0.15, -0.1) is 0 Å². The van der Waals surface area contributed by atoms with Gasteiger partial charge in [0, 0.05) is 23.8 Å². The van der Waals surface area contributed by atoms with Gasteiger partial charge in [0.25, 0.3) is 5.56 Å². The molecule has 0 amide bonds. The van der Waals surface area contributed by atoms with Crippen LogP contribution in [0.5, 0.6) is 0 Å². The third-order valence-corrected chi connectivity index (χ3v) is 5.75. The van der Waals surface area contributed by atoms with Gasteiger partial charge in [-0.2, -0.15) is 0 Å². The lowest BCUT2D eigenvalue weighted by Gasteiger charge is -2.23. The van der Waals surface area contributed by atoms with Crippen molar-refractivity contribution >= 4 is 46.3 Å². The number of anilines is 2. The van der Waals surface area contributed by atoms with E-state index in [4.69, 9.17) is 34.8 Å². The van der Waals surface area contributed by atoms with Crippen molar-refractivity contribution < 1.29 is 0 Å². The Bertz CT molecular complexity index is 892. The van der Waals surface area contributed by atoms with Crippen LogP contribution < -0.4 is 10.5 Å². The van der Waals surface area contributed by atoms with E-state index in [2.05, 4.69) is 11.9 Å². The summed E-state index contributed by atoms with van der Waals surface area (Å²) < 4.78 is 1.77. The minimum atomic E-state index is -0.109. The molecule has 1 atom stereocenters. The highest BCUT2D eigenvalue weighted by molar-refractivity contribution is 6.37. The quantitative estimate of drug-likeness (QED) is 0.705. The highest BCUT2D eigenvalue weighted by Gasteiger charge is 2.34. The zero-order chi connectivity index (χ0) is 17.7. The molecular weight excluding hydrogens is 381 g/mol. The van der Waals surface area contributed by atoms with Crippen LogP contribution in [0.15, 0.2) is 23.1 Å². The fourth-order valence-electron chi connectivity index (χ4n) is 3.80. The standard InChI is InChI=1S/C18H18Cl3N3O/c1-2-14(10-3-4-10)24-9-15(21)22-17(18(24)25)23-6-5-11-7-12(19)8-13(20)16(11)23/h7-10,14H,2-6H2,1H3/t14-/m1/s1. The number of aromatic nitrogens is 2. The maximum atomic E-state index is 13.2. The van der Waals surface area contributed by atoms with Crippen LogP contribution >= 0.6 is 34.8 Å². The molecule has 4 rings (SSSR count). The van der Waals surface area contributed by atoms with E-state index in [0.717, 1.165) is 36.9 Å². The van der Waals surface area contributed by atoms with Crippen molar-refractivity contribution in [3.8, 4) is 0 Å². The summed E-state index contributed by atoms with van der Waals surface area (Å²) in [6, 6.07) is 3.77. The van der Waals surface area contributed by atoms with E-state index >= 15 is 0 Å². The third kappa shape index (κ3) is 3.05. The number of benzene rings is 1. The van der Waals surface area contributed by atoms with Gasteiger partial charge in [0.15, 0.2) is 0 Å². The average molecular weight is 399 g/mol. The number of hydrogen-bond acceptors (Lipinski definition) is 3. The summed E-state index contributed by atoms with van der Waals surface area (Å²) in [6.45, 7) is 2.74. The maximum Gasteiger partial charge on any atom is 0.294 e. The summed E-state index contributed by atoms with van der Waals surface area (Å²) in [5, 5.41) is 1.45. The van der Waals surface area contributed by atoms with Crippen molar-refractivity contribution in [3.63, 3.8) is 0 Å². The third-order valence-electron chi connectivity index (χ3n) is 5.06. The van der Waals surface area contributed by atoms with E-state index in [1.165, 1.54) is 0 Å². The summed E-state index contributed by atoms with van der Waals surface area (Å²) in [6.07, 6.45) is 5.66. The lowest BCUT2D eigenvalue weighted by Crippen LogP contribution is -2.32. The Kier molecular flexibility index (Phi) is 4.47. The molecule has 1 aliphatic carbocycles. The van der Waals surface area contributed by atoms with E-state index in [9.17, 15) is 4.79 Å². The molecule has 2 aromatic rings. The van der Waals surface area contributed by atoms with E-state index < -0.39 is 0 Å². The molecule has 25 heavy (non-hydrogen) atoms. The molecule has 1 aromatic carbocycles. The van der Waals surface area contributed by atoms with Crippen molar-refractivity contribution in [2.45, 2.75) is 38.6 Å². The first-order valence-corrected chi connectivity index (χ1v) is 9.67. The molecule has 0 bridgehead atoms. The fourth-order valence-corrected chi connectivity index (χ4v) is 4.62. The number of nitrogens with zero attached hydrogens (tertiary/aromatic N) is 3. The normalized spacial score (nSPS) is 17.7. The minimum absolute atomic E-state index is 0.109. The molecule has 132 valence electrons. The lowest BCUT2D eigenvalue weighted by molar-refractivity contribution is 0.419. The lowest BCUT2D eigenvalue weighted by atomic mass is 10.1. The Morgan fingerprint density at radius 1 is 1.28 bits per heavy atom. The number of rotatable bonds is 4. The number of halogens is 3. The van der Waals surface area contributed by atoms with Crippen molar-refractivity contribution in [1.82, 2.24) is 9.55 Å². The SMILES string of the molecule is CC[C@H](C1CC1)n1cc(Cl)nc(N2CCc3cc(Cl)cc(Cl)c32)c1=O. The average Bonchev–Trinajstić information content (AvgIpc) is 3.30. The van der Waals surface area contributed by atoms with Gasteiger partial charge in [-0.3, -0.25) is 4.79 Å². The Balaban J connectivity index is 1.83. The Hall–Kier alpha value is -1.23. The summed E-state index contributed by atoms with van der Waals surface area (Å²) in [5.41, 5.74) is 1.73. The van der Waals surface area contributed by atoms with Crippen LogP contribution in [0, 0.1) is 5.92 Å². The maximum absolute atomic E-state index is 13.2. The predicted molar refractivity (Wildman–Crippen MR) is 103 cm³/mol. The molecular formula is C18H18Cl3N3O. The fraction of sp³-hybridized carbons (Fsp3) is 0.444. The topological polar surface area (TPSA) is 38.1 Å². The largest absolute Gasteiger partial charge is 0.320 e. The van der Waals surface area contributed by atoms with E-state index in [-0.39, 0.29) is 11.6 Å². The summed E-state index contributed by atoms with van der Waals surface area (Å²) in [4.78, 5) is 19.4. The van der Waals surface area contributed by atoms with Crippen molar-refractivity contribution in [3.05, 3.63) is 49.4 Å². The van der Waals surface area contributed by atoms with Gasteiger partial charge in [-0.05, 0) is 49.3 Å². The van der Waals surface area contributed by atoms with Crippen LogP contribution in [-0.4, -0.2) is 16.1 Å². The molecule has 1 fully saturated rings. The Morgan fingerprint density at radius 3 is 2.72 bits per heavy atom. The van der Waals surface area contributed by atoms with Crippen LogP contribution in [0.25, 0.3) is 0 Å². The molecule has 1 aliphatic heterocycles. The minimum Gasteiger partial charge on any atom is -0.320 e. The van der Waals surface area contributed by atoms with Gasteiger partial charge in [-0.25, -0.2) is 4.98 Å². The molecule has 1 saturated carbocycles. The first-order valence-electron chi connectivity index (χ1n) is 8.53. The van der Waals surface area contributed by atoms with Gasteiger partial charge < -0.3 is 9.47 Å². The molecule has 0 unspecified atom stereocenters. The van der Waals surface area contributed by atoms with Crippen LogP contribution in [0.2, 0.25) is 15.2 Å². The van der Waals surface area contributed by atoms with Crippen LogP contribution in [0.4, 0.5) is 11.5 Å². The second-order valence-electron chi connectivity index (χ2n) is 6.71. The van der Waals surface area contributed by atoms with Gasteiger partial charge in [0.05, 0.1) is 10.7 Å². The second kappa shape index (κ2) is 6.49. The van der Waals surface area contributed by atoms with Gasteiger partial charge in [-0.1, -0.05) is 41.7 Å². The second-order valence-corrected chi connectivity index (χ2v) is 7.94.